The first-order valence-electron chi connectivity index (χ1n) is 13.0. The summed E-state index contributed by atoms with van der Waals surface area (Å²) in [4.78, 5) is 29.9. The van der Waals surface area contributed by atoms with Crippen LogP contribution in [0.15, 0.2) is 97.1 Å². The van der Waals surface area contributed by atoms with E-state index in [1.807, 2.05) is 91.0 Å². The predicted octanol–water partition coefficient (Wildman–Crippen LogP) is 6.95. The third-order valence-electron chi connectivity index (χ3n) is 7.27. The molecule has 198 valence electrons. The molecule has 4 aromatic rings. The second-order valence-corrected chi connectivity index (χ2v) is 9.92. The van der Waals surface area contributed by atoms with Crippen molar-refractivity contribution in [1.29, 1.82) is 0 Å². The minimum absolute atomic E-state index is 0.165. The largest absolute Gasteiger partial charge is 0.497 e. The van der Waals surface area contributed by atoms with Crippen LogP contribution in [0.1, 0.15) is 58.8 Å². The minimum Gasteiger partial charge on any atom is -0.497 e. The normalized spacial score (nSPS) is 16.5. The van der Waals surface area contributed by atoms with Gasteiger partial charge in [0, 0.05) is 16.9 Å². The number of carbonyl (C=O) groups excluding carboxylic acids is 2. The molecule has 39 heavy (non-hydrogen) atoms. The molecule has 0 aliphatic carbocycles. The molecule has 2 atom stereocenters. The summed E-state index contributed by atoms with van der Waals surface area (Å²) in [6.07, 6.45) is 0. The fourth-order valence-electron chi connectivity index (χ4n) is 5.16. The standard InChI is InChI=1S/C33H32N2O4/c1-21(2)22-9-13-24(14-10-22)34-32(36)30-28-7-5-6-8-29(28)33(37)35(25-15-19-27(39-4)20-16-25)31(30)23-11-17-26(38-3)18-12-23/h5-21,30-31H,1-4H3,(H,34,36)/t30-,31-/m1/s1. The summed E-state index contributed by atoms with van der Waals surface area (Å²) < 4.78 is 10.7. The molecule has 0 aromatic heterocycles. The van der Waals surface area contributed by atoms with E-state index in [2.05, 4.69) is 19.2 Å². The number of anilines is 2. The topological polar surface area (TPSA) is 67.9 Å². The van der Waals surface area contributed by atoms with Crippen LogP contribution in [-0.2, 0) is 4.79 Å². The number of fused-ring (bicyclic) bond motifs is 1. The van der Waals surface area contributed by atoms with Crippen LogP contribution in [0.3, 0.4) is 0 Å². The molecule has 0 saturated heterocycles. The molecular formula is C33H32N2O4. The first-order chi connectivity index (χ1) is 18.9. The third kappa shape index (κ3) is 5.10. The van der Waals surface area contributed by atoms with Crippen LogP contribution in [0.25, 0.3) is 0 Å². The number of rotatable bonds is 7. The molecular weight excluding hydrogens is 488 g/mol. The van der Waals surface area contributed by atoms with E-state index in [9.17, 15) is 9.59 Å². The first kappa shape index (κ1) is 26.0. The van der Waals surface area contributed by atoms with Crippen LogP contribution in [0.2, 0.25) is 0 Å². The van der Waals surface area contributed by atoms with Crippen molar-refractivity contribution in [2.24, 2.45) is 0 Å². The van der Waals surface area contributed by atoms with Crippen molar-refractivity contribution < 1.29 is 19.1 Å². The highest BCUT2D eigenvalue weighted by molar-refractivity contribution is 6.12. The lowest BCUT2D eigenvalue weighted by Gasteiger charge is -2.42. The summed E-state index contributed by atoms with van der Waals surface area (Å²) in [7, 11) is 3.21. The van der Waals surface area contributed by atoms with E-state index in [1.165, 1.54) is 5.56 Å². The van der Waals surface area contributed by atoms with E-state index in [0.29, 0.717) is 39.9 Å². The average Bonchev–Trinajstić information content (AvgIpc) is 2.97. The van der Waals surface area contributed by atoms with Crippen LogP contribution in [-0.4, -0.2) is 26.0 Å². The van der Waals surface area contributed by atoms with E-state index < -0.39 is 12.0 Å². The molecule has 1 aliphatic heterocycles. The Balaban J connectivity index is 1.64. The number of nitrogens with zero attached hydrogens (tertiary/aromatic N) is 1. The second kappa shape index (κ2) is 11.0. The van der Waals surface area contributed by atoms with Crippen LogP contribution >= 0.6 is 0 Å². The molecule has 0 saturated carbocycles. The maximum Gasteiger partial charge on any atom is 0.259 e. The molecule has 0 radical (unpaired) electrons. The third-order valence-corrected chi connectivity index (χ3v) is 7.27. The van der Waals surface area contributed by atoms with Crippen LogP contribution in [0.4, 0.5) is 11.4 Å². The van der Waals surface area contributed by atoms with Gasteiger partial charge < -0.3 is 14.8 Å². The summed E-state index contributed by atoms with van der Waals surface area (Å²) in [5.41, 5.74) is 4.62. The highest BCUT2D eigenvalue weighted by Crippen LogP contribution is 2.46. The van der Waals surface area contributed by atoms with Crippen molar-refractivity contribution >= 4 is 23.2 Å². The maximum absolute atomic E-state index is 14.1. The number of nitrogens with one attached hydrogen (secondary N) is 1. The Labute approximate surface area is 229 Å². The Bertz CT molecular complexity index is 1460. The Morgan fingerprint density at radius 2 is 1.38 bits per heavy atom. The van der Waals surface area contributed by atoms with E-state index in [1.54, 1.807) is 25.2 Å². The van der Waals surface area contributed by atoms with Crippen molar-refractivity contribution in [3.8, 4) is 11.5 Å². The fourth-order valence-corrected chi connectivity index (χ4v) is 5.16. The van der Waals surface area contributed by atoms with Gasteiger partial charge in [-0.2, -0.15) is 0 Å². The zero-order chi connectivity index (χ0) is 27.5. The van der Waals surface area contributed by atoms with Crippen molar-refractivity contribution in [2.45, 2.75) is 31.7 Å². The molecule has 5 rings (SSSR count). The van der Waals surface area contributed by atoms with Crippen LogP contribution < -0.4 is 19.7 Å². The highest BCUT2D eigenvalue weighted by atomic mass is 16.5. The summed E-state index contributed by atoms with van der Waals surface area (Å²) >= 11 is 0. The molecule has 0 bridgehead atoms. The van der Waals surface area contributed by atoms with Gasteiger partial charge in [-0.1, -0.05) is 56.3 Å². The lowest BCUT2D eigenvalue weighted by atomic mass is 9.78. The van der Waals surface area contributed by atoms with Crippen LogP contribution in [0.5, 0.6) is 11.5 Å². The number of hydrogen-bond acceptors (Lipinski definition) is 4. The van der Waals surface area contributed by atoms with Gasteiger partial charge in [0.1, 0.15) is 11.5 Å². The van der Waals surface area contributed by atoms with Gasteiger partial charge in [0.2, 0.25) is 5.91 Å². The van der Waals surface area contributed by atoms with Gasteiger partial charge in [0.25, 0.3) is 5.91 Å². The molecule has 1 aliphatic rings. The van der Waals surface area contributed by atoms with E-state index in [-0.39, 0.29) is 11.8 Å². The smallest absolute Gasteiger partial charge is 0.259 e. The molecule has 2 amide bonds. The average molecular weight is 521 g/mol. The zero-order valence-corrected chi connectivity index (χ0v) is 22.5. The quantitative estimate of drug-likeness (QED) is 0.286. The molecule has 1 heterocycles. The Hall–Kier alpha value is -4.58. The zero-order valence-electron chi connectivity index (χ0n) is 22.5. The lowest BCUT2D eigenvalue weighted by molar-refractivity contribution is -0.118. The maximum atomic E-state index is 14.1. The fraction of sp³-hybridized carbons (Fsp3) is 0.212. The van der Waals surface area contributed by atoms with Crippen molar-refractivity contribution in [2.75, 3.05) is 24.4 Å². The number of ether oxygens (including phenoxy) is 2. The van der Waals surface area contributed by atoms with E-state index >= 15 is 0 Å². The number of benzene rings is 4. The molecule has 4 aromatic carbocycles. The predicted molar refractivity (Wildman–Crippen MR) is 154 cm³/mol. The van der Waals surface area contributed by atoms with Crippen molar-refractivity contribution in [1.82, 2.24) is 0 Å². The molecule has 6 nitrogen and oxygen atoms in total. The molecule has 0 spiro atoms. The van der Waals surface area contributed by atoms with Crippen molar-refractivity contribution in [3.05, 3.63) is 119 Å². The van der Waals surface area contributed by atoms with E-state index in [0.717, 1.165) is 5.56 Å². The van der Waals surface area contributed by atoms with Gasteiger partial charge >= 0.3 is 0 Å². The lowest BCUT2D eigenvalue weighted by Crippen LogP contribution is -2.46. The molecule has 0 unspecified atom stereocenters. The molecule has 0 fully saturated rings. The Kier molecular flexibility index (Phi) is 7.37. The Morgan fingerprint density at radius 3 is 1.97 bits per heavy atom. The number of carbonyl (C=O) groups is 2. The van der Waals surface area contributed by atoms with Gasteiger partial charge in [-0.15, -0.1) is 0 Å². The summed E-state index contributed by atoms with van der Waals surface area (Å²) in [5.74, 6) is 0.753. The summed E-state index contributed by atoms with van der Waals surface area (Å²) in [5, 5.41) is 3.12. The molecule has 1 N–H and O–H groups in total. The van der Waals surface area contributed by atoms with Crippen molar-refractivity contribution in [3.63, 3.8) is 0 Å². The van der Waals surface area contributed by atoms with Gasteiger partial charge in [0.15, 0.2) is 0 Å². The van der Waals surface area contributed by atoms with Gasteiger partial charge in [-0.25, -0.2) is 0 Å². The first-order valence-corrected chi connectivity index (χ1v) is 13.0. The monoisotopic (exact) mass is 520 g/mol. The van der Waals surface area contributed by atoms with Crippen LogP contribution in [0, 0.1) is 0 Å². The second-order valence-electron chi connectivity index (χ2n) is 9.92. The summed E-state index contributed by atoms with van der Waals surface area (Å²) in [6.45, 7) is 4.27. The van der Waals surface area contributed by atoms with Gasteiger partial charge in [0.05, 0.1) is 26.2 Å². The number of amides is 2. The SMILES string of the molecule is COc1ccc([C@@H]2[C@H](C(=O)Nc3ccc(C(C)C)cc3)c3ccccc3C(=O)N2c2ccc(OC)cc2)cc1. The highest BCUT2D eigenvalue weighted by Gasteiger charge is 2.45. The van der Waals surface area contributed by atoms with Gasteiger partial charge in [-0.3, -0.25) is 14.5 Å². The van der Waals surface area contributed by atoms with Gasteiger partial charge in [-0.05, 0) is 77.2 Å². The Morgan fingerprint density at radius 1 is 0.795 bits per heavy atom. The summed E-state index contributed by atoms with van der Waals surface area (Å²) in [6, 6.07) is 29.6. The minimum atomic E-state index is -0.667. The molecule has 6 heteroatoms. The van der Waals surface area contributed by atoms with E-state index in [4.69, 9.17) is 9.47 Å². The number of hydrogen-bond donors (Lipinski definition) is 1. The number of methoxy groups -OCH3 is 2.